The lowest BCUT2D eigenvalue weighted by atomic mass is 9.93. The van der Waals surface area contributed by atoms with Gasteiger partial charge in [-0.1, -0.05) is 44.2 Å². The third kappa shape index (κ3) is 4.77. The molecule has 0 bridgehead atoms. The number of allylic oxidation sites excluding steroid dienone is 2. The first-order chi connectivity index (χ1) is 10.1. The molecule has 0 heterocycles. The quantitative estimate of drug-likeness (QED) is 0.612. The Balaban J connectivity index is 3.26. The van der Waals surface area contributed by atoms with Gasteiger partial charge in [-0.15, -0.1) is 8.86 Å². The van der Waals surface area contributed by atoms with E-state index >= 15 is 0 Å². The van der Waals surface area contributed by atoms with Gasteiger partial charge in [-0.2, -0.15) is 0 Å². The van der Waals surface area contributed by atoms with Crippen LogP contribution in [0, 0.1) is 0 Å². The van der Waals surface area contributed by atoms with Crippen LogP contribution < -0.4 is 5.73 Å². The van der Waals surface area contributed by atoms with Crippen LogP contribution in [0.1, 0.15) is 50.3 Å². The van der Waals surface area contributed by atoms with E-state index in [1.54, 1.807) is 0 Å². The predicted octanol–water partition coefficient (Wildman–Crippen LogP) is 4.44. The van der Waals surface area contributed by atoms with Gasteiger partial charge in [0.25, 0.3) is 0 Å². The van der Waals surface area contributed by atoms with Crippen molar-refractivity contribution in [2.75, 3.05) is 6.54 Å². The van der Waals surface area contributed by atoms with Crippen LogP contribution in [0.5, 0.6) is 0 Å². The molecular formula is C18H25N2P. The monoisotopic (exact) mass is 300 g/mol. The topological polar surface area (TPSA) is 38.4 Å². The van der Waals surface area contributed by atoms with E-state index in [4.69, 9.17) is 5.73 Å². The zero-order valence-electron chi connectivity index (χ0n) is 13.4. The van der Waals surface area contributed by atoms with E-state index in [1.807, 2.05) is 38.0 Å². The molecule has 1 rings (SSSR count). The molecule has 0 spiro atoms. The molecule has 0 aliphatic rings. The smallest absolute Gasteiger partial charge is 0.0662 e. The first-order valence-electron chi connectivity index (χ1n) is 7.27. The van der Waals surface area contributed by atoms with Crippen LogP contribution in [0.25, 0.3) is 5.70 Å². The van der Waals surface area contributed by atoms with Crippen molar-refractivity contribution in [3.63, 3.8) is 0 Å². The van der Waals surface area contributed by atoms with Gasteiger partial charge in [-0.25, -0.2) is 0 Å². The molecular weight excluding hydrogens is 275 g/mol. The van der Waals surface area contributed by atoms with Gasteiger partial charge in [0.05, 0.1) is 5.70 Å². The second-order valence-corrected chi connectivity index (χ2v) is 5.43. The van der Waals surface area contributed by atoms with Gasteiger partial charge < -0.3 is 5.73 Å². The molecule has 3 heteroatoms. The van der Waals surface area contributed by atoms with E-state index in [0.29, 0.717) is 12.5 Å². The van der Waals surface area contributed by atoms with Crippen LogP contribution in [0.2, 0.25) is 0 Å². The third-order valence-corrected chi connectivity index (χ3v) is 3.72. The molecule has 112 valence electrons. The van der Waals surface area contributed by atoms with Gasteiger partial charge in [-0.05, 0) is 42.3 Å². The van der Waals surface area contributed by atoms with Crippen LogP contribution in [0.15, 0.2) is 40.9 Å². The van der Waals surface area contributed by atoms with Crippen LogP contribution in [0.3, 0.4) is 0 Å². The maximum atomic E-state index is 5.68. The summed E-state index contributed by atoms with van der Waals surface area (Å²) in [6, 6.07) is 6.42. The summed E-state index contributed by atoms with van der Waals surface area (Å²) in [5, 5.41) is 0. The second-order valence-electron chi connectivity index (χ2n) is 5.15. The summed E-state index contributed by atoms with van der Waals surface area (Å²) < 4.78 is 0. The van der Waals surface area contributed by atoms with E-state index in [-0.39, 0.29) is 0 Å². The fourth-order valence-corrected chi connectivity index (χ4v) is 2.26. The van der Waals surface area contributed by atoms with Crippen molar-refractivity contribution in [1.29, 1.82) is 0 Å². The normalized spacial score (nSPS) is 13.2. The molecule has 0 fully saturated rings. The highest BCUT2D eigenvalue weighted by atomic mass is 31.0. The van der Waals surface area contributed by atoms with Crippen LogP contribution in [0.4, 0.5) is 0 Å². The van der Waals surface area contributed by atoms with Gasteiger partial charge >= 0.3 is 0 Å². The maximum Gasteiger partial charge on any atom is 0.0662 e. The Morgan fingerprint density at radius 2 is 2.00 bits per heavy atom. The van der Waals surface area contributed by atoms with Gasteiger partial charge in [0.15, 0.2) is 0 Å². The Bertz CT molecular complexity index is 581. The third-order valence-electron chi connectivity index (χ3n) is 3.39. The highest BCUT2D eigenvalue weighted by Gasteiger charge is 2.10. The van der Waals surface area contributed by atoms with Crippen molar-refractivity contribution in [3.05, 3.63) is 52.6 Å². The Morgan fingerprint density at radius 1 is 1.29 bits per heavy atom. The average Bonchev–Trinajstić information content (AvgIpc) is 2.51. The minimum absolute atomic E-state index is 0.437. The van der Waals surface area contributed by atoms with E-state index in [1.165, 1.54) is 11.1 Å². The van der Waals surface area contributed by atoms with Crippen molar-refractivity contribution < 1.29 is 0 Å². The predicted molar refractivity (Wildman–Crippen MR) is 99.0 cm³/mol. The molecule has 1 aromatic rings. The number of nitrogens with zero attached hydrogens (tertiary/aromatic N) is 1. The van der Waals surface area contributed by atoms with Crippen LogP contribution >= 0.6 is 8.86 Å². The van der Waals surface area contributed by atoms with Gasteiger partial charge in [0.1, 0.15) is 0 Å². The number of rotatable bonds is 6. The summed E-state index contributed by atoms with van der Waals surface area (Å²) in [7, 11) is 3.45. The highest BCUT2D eigenvalue weighted by Crippen LogP contribution is 2.27. The Labute approximate surface area is 130 Å². The zero-order chi connectivity index (χ0) is 15.8. The van der Waals surface area contributed by atoms with Gasteiger partial charge in [0, 0.05) is 18.3 Å². The summed E-state index contributed by atoms with van der Waals surface area (Å²) in [5.41, 5.74) is 11.3. The fourth-order valence-electron chi connectivity index (χ4n) is 2.08. The van der Waals surface area contributed by atoms with Crippen molar-refractivity contribution in [2.45, 2.75) is 33.6 Å². The molecule has 0 unspecified atom stereocenters. The second kappa shape index (κ2) is 8.71. The highest BCUT2D eigenvalue weighted by molar-refractivity contribution is 7.19. The minimum atomic E-state index is 0.437. The molecule has 21 heavy (non-hydrogen) atoms. The zero-order valence-corrected chi connectivity index (χ0v) is 14.4. The molecule has 0 aliphatic carbocycles. The van der Waals surface area contributed by atoms with E-state index < -0.39 is 0 Å². The number of hydrogen-bond donors (Lipinski definition) is 1. The molecule has 2 N–H and O–H groups in total. The molecule has 0 aromatic heterocycles. The number of aliphatic imine (C=N–C) groups is 1. The lowest BCUT2D eigenvalue weighted by molar-refractivity contribution is 0.862. The van der Waals surface area contributed by atoms with Gasteiger partial charge in [0.2, 0.25) is 0 Å². The van der Waals surface area contributed by atoms with Gasteiger partial charge in [-0.3, -0.25) is 4.99 Å². The summed E-state index contributed by atoms with van der Waals surface area (Å²) in [6.45, 7) is 8.89. The van der Waals surface area contributed by atoms with Crippen LogP contribution in [-0.2, 0) is 0 Å². The number of benzene rings is 1. The first kappa shape index (κ1) is 17.6. The van der Waals surface area contributed by atoms with Crippen molar-refractivity contribution in [1.82, 2.24) is 0 Å². The van der Waals surface area contributed by atoms with Crippen molar-refractivity contribution >= 4 is 26.6 Å². The maximum absolute atomic E-state index is 5.68. The number of hydrogen-bond acceptors (Lipinski definition) is 2. The molecule has 0 amide bonds. The minimum Gasteiger partial charge on any atom is -0.326 e. The molecule has 0 atom stereocenters. The van der Waals surface area contributed by atoms with Crippen LogP contribution in [-0.4, -0.2) is 18.6 Å². The first-order valence-corrected chi connectivity index (χ1v) is 7.85. The summed E-state index contributed by atoms with van der Waals surface area (Å²) in [5.74, 6) is 2.37. The Kier molecular flexibility index (Phi) is 7.28. The molecule has 1 aromatic carbocycles. The molecule has 2 nitrogen and oxygen atoms in total. The molecule has 0 aliphatic heterocycles. The lowest BCUT2D eigenvalue weighted by Crippen LogP contribution is -2.04. The van der Waals surface area contributed by atoms with Crippen molar-refractivity contribution in [3.8, 4) is 0 Å². The SMILES string of the molecule is C\C=C(/C=N\C(=C/C)c1ccc(C=P)cc1C(C)C)CN. The van der Waals surface area contributed by atoms with Crippen molar-refractivity contribution in [2.24, 2.45) is 10.7 Å². The summed E-state index contributed by atoms with van der Waals surface area (Å²) in [4.78, 5) is 4.62. The average molecular weight is 300 g/mol. The Hall–Kier alpha value is -1.50. The fraction of sp³-hybridized carbons (Fsp3) is 0.333. The standard InChI is InChI=1S/C18H25N2P/c1-5-14(10-19)11-20-18(6-2)16-8-7-15(12-21)9-17(16)13(3)4/h5-9,11-13,21H,10,19H2,1-4H3/b14-5-,18-6-,20-11-. The van der Waals surface area contributed by atoms with E-state index in [2.05, 4.69) is 45.9 Å². The number of nitrogens with two attached hydrogens (primary N) is 1. The van der Waals surface area contributed by atoms with E-state index in [9.17, 15) is 0 Å². The largest absolute Gasteiger partial charge is 0.326 e. The van der Waals surface area contributed by atoms with E-state index in [0.717, 1.165) is 16.8 Å². The molecule has 0 radical (unpaired) electrons. The lowest BCUT2D eigenvalue weighted by Gasteiger charge is -2.14. The Morgan fingerprint density at radius 3 is 2.48 bits per heavy atom. The molecule has 0 saturated carbocycles. The summed E-state index contributed by atoms with van der Waals surface area (Å²) >= 11 is 0. The molecule has 0 saturated heterocycles. The summed E-state index contributed by atoms with van der Waals surface area (Å²) in [6.07, 6.45) is 5.88.